The fourth-order valence-corrected chi connectivity index (χ4v) is 4.93. The standard InChI is InChI=1S/C30H31FN4O7/c1-39-24-13-20-8-7-19(24)14-33-27(36)10-6-18-5-9-23(25(12-18)40-2)41-17-28(37)34-22-15-35(16-26(22)42-20)30(38)29-21(31)4-3-11-32-29/h3-5,7-9,11-13,22,26H,6,10,14-17H2,1-2H3,(H,33,36)(H,34,37)/t22-,26-/m1/s1. The number of rotatable bonds is 3. The molecule has 2 atom stereocenters. The average Bonchev–Trinajstić information content (AvgIpc) is 3.39. The second-order valence-corrected chi connectivity index (χ2v) is 9.90. The van der Waals surface area contributed by atoms with E-state index in [0.717, 1.165) is 11.1 Å². The highest BCUT2D eigenvalue weighted by molar-refractivity contribution is 5.93. The minimum atomic E-state index is -0.739. The third kappa shape index (κ3) is 6.54. The molecule has 3 aromatic rings. The molecule has 220 valence electrons. The van der Waals surface area contributed by atoms with Gasteiger partial charge in [-0.2, -0.15) is 0 Å². The van der Waals surface area contributed by atoms with E-state index in [1.54, 1.807) is 30.3 Å². The summed E-state index contributed by atoms with van der Waals surface area (Å²) in [7, 11) is 3.01. The van der Waals surface area contributed by atoms with E-state index in [1.807, 2.05) is 6.07 Å². The number of benzene rings is 2. The van der Waals surface area contributed by atoms with Crippen LogP contribution < -0.4 is 29.6 Å². The van der Waals surface area contributed by atoms with Crippen LogP contribution in [-0.4, -0.2) is 73.7 Å². The van der Waals surface area contributed by atoms with Crippen LogP contribution in [-0.2, 0) is 22.6 Å². The second-order valence-electron chi connectivity index (χ2n) is 9.90. The van der Waals surface area contributed by atoms with Gasteiger partial charge in [0, 0.05) is 37.3 Å². The monoisotopic (exact) mass is 578 g/mol. The van der Waals surface area contributed by atoms with Gasteiger partial charge in [-0.15, -0.1) is 0 Å². The molecule has 0 unspecified atom stereocenters. The van der Waals surface area contributed by atoms with Gasteiger partial charge in [-0.3, -0.25) is 14.4 Å². The molecule has 0 aliphatic carbocycles. The van der Waals surface area contributed by atoms with Crippen LogP contribution in [0.1, 0.15) is 28.0 Å². The molecule has 8 rings (SSSR count). The molecule has 0 saturated carbocycles. The smallest absolute Gasteiger partial charge is 0.275 e. The molecule has 5 aliphatic rings. The lowest BCUT2D eigenvalue weighted by molar-refractivity contribution is -0.124. The maximum Gasteiger partial charge on any atom is 0.275 e. The molecule has 6 heterocycles. The number of ether oxygens (including phenoxy) is 4. The van der Waals surface area contributed by atoms with E-state index in [0.29, 0.717) is 29.4 Å². The summed E-state index contributed by atoms with van der Waals surface area (Å²) >= 11 is 0. The Kier molecular flexibility index (Phi) is 8.70. The van der Waals surface area contributed by atoms with Crippen LogP contribution in [0.25, 0.3) is 0 Å². The van der Waals surface area contributed by atoms with Gasteiger partial charge in [-0.25, -0.2) is 9.37 Å². The maximum atomic E-state index is 14.4. The van der Waals surface area contributed by atoms with Gasteiger partial charge < -0.3 is 34.5 Å². The van der Waals surface area contributed by atoms with Crippen LogP contribution in [0, 0.1) is 5.82 Å². The Labute approximate surface area is 241 Å². The first-order chi connectivity index (χ1) is 20.3. The number of hydrogen-bond donors (Lipinski definition) is 2. The number of nitrogens with one attached hydrogen (secondary N) is 2. The average molecular weight is 579 g/mol. The van der Waals surface area contributed by atoms with E-state index < -0.39 is 29.8 Å². The van der Waals surface area contributed by atoms with E-state index in [-0.39, 0.29) is 44.3 Å². The first-order valence-corrected chi connectivity index (χ1v) is 13.4. The number of hydrogen-bond acceptors (Lipinski definition) is 8. The SMILES string of the molecule is COc1cc2ccc1CNC(=O)CCc1ccc(c(OC)c1)OCC(=O)N[C@@H]1CN(C(=O)c3ncccc3F)C[C@H]1O2. The molecule has 1 aromatic heterocycles. The Morgan fingerprint density at radius 3 is 2.64 bits per heavy atom. The molecule has 4 bridgehead atoms. The predicted molar refractivity (Wildman–Crippen MR) is 148 cm³/mol. The Hall–Kier alpha value is -4.87. The van der Waals surface area contributed by atoms with Crippen molar-refractivity contribution < 1.29 is 37.7 Å². The van der Waals surface area contributed by atoms with Gasteiger partial charge in [0.25, 0.3) is 11.8 Å². The summed E-state index contributed by atoms with van der Waals surface area (Å²) in [6.45, 7) is 0.0473. The van der Waals surface area contributed by atoms with Gasteiger partial charge in [-0.05, 0) is 48.4 Å². The zero-order chi connectivity index (χ0) is 29.6. The number of likely N-dealkylation sites (tertiary alicyclic amines) is 1. The van der Waals surface area contributed by atoms with E-state index >= 15 is 0 Å². The lowest BCUT2D eigenvalue weighted by Crippen LogP contribution is -2.46. The van der Waals surface area contributed by atoms with Crippen LogP contribution in [0.15, 0.2) is 54.7 Å². The van der Waals surface area contributed by atoms with Crippen LogP contribution >= 0.6 is 0 Å². The van der Waals surface area contributed by atoms with Crippen LogP contribution in [0.3, 0.4) is 0 Å². The number of amides is 3. The van der Waals surface area contributed by atoms with Crippen molar-refractivity contribution in [2.24, 2.45) is 0 Å². The molecule has 0 radical (unpaired) electrons. The van der Waals surface area contributed by atoms with Crippen molar-refractivity contribution in [2.75, 3.05) is 33.9 Å². The lowest BCUT2D eigenvalue weighted by atomic mass is 10.1. The highest BCUT2D eigenvalue weighted by atomic mass is 19.1. The summed E-state index contributed by atoms with van der Waals surface area (Å²) in [6, 6.07) is 12.4. The summed E-state index contributed by atoms with van der Waals surface area (Å²) in [4.78, 5) is 44.0. The summed E-state index contributed by atoms with van der Waals surface area (Å²) in [6.07, 6.45) is 1.40. The number of carbonyl (C=O) groups is 3. The van der Waals surface area contributed by atoms with Gasteiger partial charge in [0.2, 0.25) is 5.91 Å². The number of aromatic nitrogens is 1. The molecule has 2 aromatic carbocycles. The molecule has 3 amide bonds. The lowest BCUT2D eigenvalue weighted by Gasteiger charge is -2.22. The highest BCUT2D eigenvalue weighted by Gasteiger charge is 2.39. The van der Waals surface area contributed by atoms with E-state index in [9.17, 15) is 18.8 Å². The van der Waals surface area contributed by atoms with Gasteiger partial charge in [0.05, 0.1) is 26.8 Å². The first kappa shape index (κ1) is 28.7. The molecule has 1 fully saturated rings. The third-order valence-electron chi connectivity index (χ3n) is 7.11. The highest BCUT2D eigenvalue weighted by Crippen LogP contribution is 2.30. The van der Waals surface area contributed by atoms with Crippen LogP contribution in [0.4, 0.5) is 4.39 Å². The molecule has 11 nitrogen and oxygen atoms in total. The van der Waals surface area contributed by atoms with Gasteiger partial charge >= 0.3 is 0 Å². The number of pyridine rings is 1. The van der Waals surface area contributed by atoms with Crippen molar-refractivity contribution in [3.63, 3.8) is 0 Å². The van der Waals surface area contributed by atoms with E-state index in [1.165, 1.54) is 37.4 Å². The van der Waals surface area contributed by atoms with Crippen molar-refractivity contribution in [3.8, 4) is 23.0 Å². The van der Waals surface area contributed by atoms with Crippen molar-refractivity contribution >= 4 is 17.7 Å². The summed E-state index contributed by atoms with van der Waals surface area (Å²) in [5, 5.41) is 5.80. The number of nitrogens with zero attached hydrogens (tertiary/aromatic N) is 2. The van der Waals surface area contributed by atoms with Crippen molar-refractivity contribution in [1.29, 1.82) is 0 Å². The summed E-state index contributed by atoms with van der Waals surface area (Å²) in [5.41, 5.74) is 1.30. The van der Waals surface area contributed by atoms with Gasteiger partial charge in [0.15, 0.2) is 29.6 Å². The van der Waals surface area contributed by atoms with Crippen LogP contribution in [0.5, 0.6) is 23.0 Å². The van der Waals surface area contributed by atoms with E-state index in [4.69, 9.17) is 18.9 Å². The first-order valence-electron chi connectivity index (χ1n) is 13.4. The minimum absolute atomic E-state index is 0.0600. The minimum Gasteiger partial charge on any atom is -0.496 e. The Morgan fingerprint density at radius 2 is 1.86 bits per heavy atom. The Morgan fingerprint density at radius 1 is 1.02 bits per heavy atom. The zero-order valence-electron chi connectivity index (χ0n) is 23.2. The Bertz CT molecular complexity index is 1480. The third-order valence-corrected chi connectivity index (χ3v) is 7.11. The largest absolute Gasteiger partial charge is 0.496 e. The normalized spacial score (nSPS) is 19.2. The van der Waals surface area contributed by atoms with Crippen molar-refractivity contribution in [3.05, 3.63) is 77.4 Å². The van der Waals surface area contributed by atoms with Crippen molar-refractivity contribution in [2.45, 2.75) is 31.5 Å². The number of aryl methyl sites for hydroxylation is 1. The molecule has 2 N–H and O–H groups in total. The Balaban J connectivity index is 1.43. The fourth-order valence-electron chi connectivity index (χ4n) is 4.93. The quantitative estimate of drug-likeness (QED) is 0.485. The maximum absolute atomic E-state index is 14.4. The van der Waals surface area contributed by atoms with Crippen LogP contribution in [0.2, 0.25) is 0 Å². The molecule has 1 saturated heterocycles. The predicted octanol–water partition coefficient (Wildman–Crippen LogP) is 2.27. The molecular formula is C30H31FN4O7. The van der Waals surface area contributed by atoms with E-state index in [2.05, 4.69) is 15.6 Å². The zero-order valence-corrected chi connectivity index (χ0v) is 23.2. The second kappa shape index (κ2) is 12.8. The molecule has 0 spiro atoms. The topological polar surface area (TPSA) is 128 Å². The number of carbonyl (C=O) groups excluding carboxylic acids is 3. The number of methoxy groups -OCH3 is 2. The molecular weight excluding hydrogens is 547 g/mol. The number of halogens is 1. The summed E-state index contributed by atoms with van der Waals surface area (Å²) in [5.74, 6) is -0.217. The molecule has 42 heavy (non-hydrogen) atoms. The van der Waals surface area contributed by atoms with Gasteiger partial charge in [0.1, 0.15) is 17.6 Å². The van der Waals surface area contributed by atoms with Gasteiger partial charge in [-0.1, -0.05) is 6.07 Å². The molecule has 5 aliphatic heterocycles. The summed E-state index contributed by atoms with van der Waals surface area (Å²) < 4.78 is 37.3. The molecule has 12 heteroatoms. The van der Waals surface area contributed by atoms with Crippen molar-refractivity contribution in [1.82, 2.24) is 20.5 Å². The fraction of sp³-hybridized carbons (Fsp3) is 0.333.